The Labute approximate surface area is 167 Å². The zero-order valence-corrected chi connectivity index (χ0v) is 16.4. The molecular formula is C19H24N4O6. The summed E-state index contributed by atoms with van der Waals surface area (Å²) in [6.45, 7) is 3.60. The fourth-order valence-corrected chi connectivity index (χ4v) is 3.20. The highest BCUT2D eigenvalue weighted by atomic mass is 16.7. The smallest absolute Gasteiger partial charge is 0.325 e. The number of hydrogen-bond acceptors (Lipinski definition) is 6. The predicted octanol–water partition coefficient (Wildman–Crippen LogP) is 0.894. The van der Waals surface area contributed by atoms with Crippen molar-refractivity contribution in [1.82, 2.24) is 20.9 Å². The van der Waals surface area contributed by atoms with Crippen molar-refractivity contribution in [3.05, 3.63) is 23.8 Å². The summed E-state index contributed by atoms with van der Waals surface area (Å²) in [6.07, 6.45) is 1.90. The molecule has 0 aliphatic carbocycles. The normalized spacial score (nSPS) is 19.9. The Kier molecular flexibility index (Phi) is 5.90. The summed E-state index contributed by atoms with van der Waals surface area (Å²) in [5, 5.41) is 7.28. The van der Waals surface area contributed by atoms with Gasteiger partial charge in [-0.3, -0.25) is 19.8 Å². The van der Waals surface area contributed by atoms with Gasteiger partial charge >= 0.3 is 12.1 Å². The van der Waals surface area contributed by atoms with Gasteiger partial charge in [-0.05, 0) is 31.0 Å². The summed E-state index contributed by atoms with van der Waals surface area (Å²) < 4.78 is 10.6. The number of imide groups is 2. The molecule has 0 unspecified atom stereocenters. The van der Waals surface area contributed by atoms with E-state index in [9.17, 15) is 19.2 Å². The van der Waals surface area contributed by atoms with Crippen molar-refractivity contribution in [1.29, 1.82) is 0 Å². The molecule has 2 heterocycles. The number of hydrogen-bond donors (Lipinski definition) is 3. The van der Waals surface area contributed by atoms with Gasteiger partial charge in [0.2, 0.25) is 12.7 Å². The van der Waals surface area contributed by atoms with E-state index in [0.29, 0.717) is 18.0 Å². The number of carbonyl (C=O) groups is 4. The summed E-state index contributed by atoms with van der Waals surface area (Å²) >= 11 is 0. The molecule has 1 atom stereocenters. The second-order valence-electron chi connectivity index (χ2n) is 7.18. The minimum Gasteiger partial charge on any atom is -0.454 e. The Bertz CT molecular complexity index is 842. The number of rotatable bonds is 7. The van der Waals surface area contributed by atoms with Crippen molar-refractivity contribution < 1.29 is 28.7 Å². The molecule has 10 heteroatoms. The highest BCUT2D eigenvalue weighted by Gasteiger charge is 2.48. The van der Waals surface area contributed by atoms with Gasteiger partial charge in [0.05, 0.1) is 0 Å². The van der Waals surface area contributed by atoms with Gasteiger partial charge in [-0.25, -0.2) is 9.59 Å². The van der Waals surface area contributed by atoms with Crippen LogP contribution in [-0.2, 0) is 16.0 Å². The van der Waals surface area contributed by atoms with Crippen LogP contribution in [0.4, 0.5) is 9.59 Å². The van der Waals surface area contributed by atoms with Crippen molar-refractivity contribution in [3.63, 3.8) is 0 Å². The molecule has 156 valence electrons. The van der Waals surface area contributed by atoms with Crippen LogP contribution < -0.4 is 25.4 Å². The maximum absolute atomic E-state index is 12.8. The third-order valence-electron chi connectivity index (χ3n) is 4.71. The molecule has 1 aromatic carbocycles. The minimum atomic E-state index is -1.21. The fraction of sp³-hybridized carbons (Fsp3) is 0.474. The highest BCUT2D eigenvalue weighted by molar-refractivity contribution is 6.09. The zero-order valence-electron chi connectivity index (χ0n) is 16.4. The van der Waals surface area contributed by atoms with E-state index in [1.165, 1.54) is 0 Å². The first-order chi connectivity index (χ1) is 13.8. The first-order valence-electron chi connectivity index (χ1n) is 9.42. The number of nitrogens with one attached hydrogen (secondary N) is 3. The van der Waals surface area contributed by atoms with Crippen molar-refractivity contribution in [2.75, 3.05) is 19.9 Å². The Balaban J connectivity index is 1.59. The Morgan fingerprint density at radius 1 is 1.24 bits per heavy atom. The average Bonchev–Trinajstić information content (AvgIpc) is 3.20. The molecule has 1 aromatic rings. The Hall–Kier alpha value is -3.30. The maximum Gasteiger partial charge on any atom is 0.325 e. The number of urea groups is 2. The molecule has 0 saturated carbocycles. The van der Waals surface area contributed by atoms with Gasteiger partial charge in [-0.1, -0.05) is 19.4 Å². The molecule has 0 spiro atoms. The molecule has 1 fully saturated rings. The fourth-order valence-electron chi connectivity index (χ4n) is 3.20. The van der Waals surface area contributed by atoms with Crippen LogP contribution in [0.15, 0.2) is 18.2 Å². The summed E-state index contributed by atoms with van der Waals surface area (Å²) in [7, 11) is 0. The van der Waals surface area contributed by atoms with E-state index in [1.54, 1.807) is 25.1 Å². The summed E-state index contributed by atoms with van der Waals surface area (Å²) in [5.41, 5.74) is -0.443. The second-order valence-corrected chi connectivity index (χ2v) is 7.18. The van der Waals surface area contributed by atoms with E-state index in [1.807, 2.05) is 6.92 Å². The summed E-state index contributed by atoms with van der Waals surface area (Å²) in [6, 6.07) is 3.94. The van der Waals surface area contributed by atoms with Crippen LogP contribution >= 0.6 is 0 Å². The van der Waals surface area contributed by atoms with Gasteiger partial charge in [-0.2, -0.15) is 0 Å². The molecule has 0 radical (unpaired) electrons. The number of amides is 6. The van der Waals surface area contributed by atoms with Gasteiger partial charge in [0.1, 0.15) is 12.1 Å². The van der Waals surface area contributed by atoms with Crippen molar-refractivity contribution >= 4 is 23.9 Å². The van der Waals surface area contributed by atoms with Gasteiger partial charge in [0, 0.05) is 13.0 Å². The first-order valence-corrected chi connectivity index (χ1v) is 9.42. The van der Waals surface area contributed by atoms with Crippen molar-refractivity contribution in [3.8, 4) is 11.5 Å². The van der Waals surface area contributed by atoms with Crippen LogP contribution in [0.25, 0.3) is 0 Å². The number of nitrogens with zero attached hydrogens (tertiary/aromatic N) is 1. The van der Waals surface area contributed by atoms with Crippen LogP contribution in [0.3, 0.4) is 0 Å². The number of ether oxygens (including phenoxy) is 2. The highest BCUT2D eigenvalue weighted by Crippen LogP contribution is 2.34. The van der Waals surface area contributed by atoms with Crippen LogP contribution in [0.5, 0.6) is 11.5 Å². The van der Waals surface area contributed by atoms with Gasteiger partial charge in [0.25, 0.3) is 5.91 Å². The predicted molar refractivity (Wildman–Crippen MR) is 101 cm³/mol. The number of benzene rings is 1. The lowest BCUT2D eigenvalue weighted by Crippen LogP contribution is -2.48. The second kappa shape index (κ2) is 8.38. The quantitative estimate of drug-likeness (QED) is 0.458. The topological polar surface area (TPSA) is 126 Å². The molecular weight excluding hydrogens is 380 g/mol. The van der Waals surface area contributed by atoms with E-state index >= 15 is 0 Å². The van der Waals surface area contributed by atoms with E-state index < -0.39 is 36.0 Å². The van der Waals surface area contributed by atoms with E-state index in [0.717, 1.165) is 23.3 Å². The zero-order chi connectivity index (χ0) is 21.0. The largest absolute Gasteiger partial charge is 0.454 e. The lowest BCUT2D eigenvalue weighted by molar-refractivity contribution is -0.134. The van der Waals surface area contributed by atoms with Crippen LogP contribution in [0, 0.1) is 0 Å². The summed E-state index contributed by atoms with van der Waals surface area (Å²) in [5.74, 6) is -0.0825. The molecule has 10 nitrogen and oxygen atoms in total. The lowest BCUT2D eigenvalue weighted by Gasteiger charge is -2.21. The van der Waals surface area contributed by atoms with Gasteiger partial charge in [-0.15, -0.1) is 0 Å². The van der Waals surface area contributed by atoms with Crippen LogP contribution in [0.1, 0.15) is 32.3 Å². The molecule has 0 bridgehead atoms. The van der Waals surface area contributed by atoms with Crippen molar-refractivity contribution in [2.45, 2.75) is 38.6 Å². The standard InChI is InChI=1S/C19H24N4O6/c1-3-4-7-20-17(26)21-15(24)10-23-16(25)19(2,22-18(23)27)9-12-5-6-13-14(8-12)29-11-28-13/h5-6,8H,3-4,7,9-11H2,1-2H3,(H,22,27)(H2,20,21,24,26)/t19-/m1/s1. The monoisotopic (exact) mass is 404 g/mol. The molecule has 2 aliphatic rings. The van der Waals surface area contributed by atoms with Crippen molar-refractivity contribution in [2.24, 2.45) is 0 Å². The van der Waals surface area contributed by atoms with Gasteiger partial charge < -0.3 is 20.1 Å². The average molecular weight is 404 g/mol. The van der Waals surface area contributed by atoms with Crippen LogP contribution in [0.2, 0.25) is 0 Å². The Morgan fingerprint density at radius 3 is 2.76 bits per heavy atom. The first kappa shape index (κ1) is 20.4. The van der Waals surface area contributed by atoms with E-state index in [-0.39, 0.29) is 13.2 Å². The Morgan fingerprint density at radius 2 is 2.00 bits per heavy atom. The molecule has 0 aromatic heterocycles. The molecule has 3 rings (SSSR count). The van der Waals surface area contributed by atoms with Gasteiger partial charge in [0.15, 0.2) is 11.5 Å². The minimum absolute atomic E-state index is 0.140. The third-order valence-corrected chi connectivity index (χ3v) is 4.71. The number of unbranched alkanes of at least 4 members (excludes halogenated alkanes) is 1. The molecule has 2 aliphatic heterocycles. The summed E-state index contributed by atoms with van der Waals surface area (Å²) in [4.78, 5) is 49.6. The lowest BCUT2D eigenvalue weighted by atomic mass is 9.92. The number of fused-ring (bicyclic) bond motifs is 1. The van der Waals surface area contributed by atoms with E-state index in [2.05, 4.69) is 16.0 Å². The van der Waals surface area contributed by atoms with E-state index in [4.69, 9.17) is 9.47 Å². The molecule has 29 heavy (non-hydrogen) atoms. The molecule has 1 saturated heterocycles. The van der Waals surface area contributed by atoms with Crippen LogP contribution in [-0.4, -0.2) is 54.2 Å². The maximum atomic E-state index is 12.8. The molecule has 3 N–H and O–H groups in total. The number of carbonyl (C=O) groups excluding carboxylic acids is 4. The third kappa shape index (κ3) is 4.58. The SMILES string of the molecule is CCCCNC(=O)NC(=O)CN1C(=O)N[C@](C)(Cc2ccc3c(c2)OCO3)C1=O. The molecule has 6 amide bonds.